The average Bonchev–Trinajstić information content (AvgIpc) is 2.79. The lowest BCUT2D eigenvalue weighted by atomic mass is 10.2. The molecule has 2 heterocycles. The van der Waals surface area contributed by atoms with Crippen LogP contribution in [0.25, 0.3) is 0 Å². The number of aliphatic imine (C=N–C) groups is 1. The molecule has 2 aliphatic rings. The first-order valence-electron chi connectivity index (χ1n) is 11.0. The van der Waals surface area contributed by atoms with Crippen molar-refractivity contribution in [3.63, 3.8) is 0 Å². The molecule has 0 spiro atoms. The molecule has 0 aromatic heterocycles. The number of halogens is 1. The van der Waals surface area contributed by atoms with Crippen molar-refractivity contribution in [3.05, 3.63) is 30.1 Å². The molecule has 0 bridgehead atoms. The highest BCUT2D eigenvalue weighted by Crippen LogP contribution is 2.17. The quantitative estimate of drug-likeness (QED) is 0.555. The monoisotopic (exact) mass is 432 g/mol. The lowest BCUT2D eigenvalue weighted by molar-refractivity contribution is -0.131. The zero-order valence-corrected chi connectivity index (χ0v) is 18.5. The van der Waals surface area contributed by atoms with Gasteiger partial charge in [0, 0.05) is 77.9 Å². The summed E-state index contributed by atoms with van der Waals surface area (Å²) < 4.78 is 13.1. The molecule has 0 atom stereocenters. The van der Waals surface area contributed by atoms with Gasteiger partial charge in [-0.2, -0.15) is 0 Å². The highest BCUT2D eigenvalue weighted by molar-refractivity contribution is 5.81. The van der Waals surface area contributed by atoms with Crippen molar-refractivity contribution < 1.29 is 14.0 Å². The van der Waals surface area contributed by atoms with Gasteiger partial charge in [0.2, 0.25) is 11.8 Å². The minimum atomic E-state index is -0.240. The Balaban J connectivity index is 1.45. The van der Waals surface area contributed by atoms with Crippen LogP contribution < -0.4 is 10.2 Å². The van der Waals surface area contributed by atoms with Crippen LogP contribution in [0.5, 0.6) is 0 Å². The number of hydrogen-bond acceptors (Lipinski definition) is 4. The Morgan fingerprint density at radius 3 is 2.10 bits per heavy atom. The van der Waals surface area contributed by atoms with Crippen molar-refractivity contribution in [2.24, 2.45) is 4.99 Å². The van der Waals surface area contributed by atoms with Crippen LogP contribution in [-0.2, 0) is 9.59 Å². The molecule has 9 heteroatoms. The number of carbonyl (C=O) groups excluding carboxylic acids is 2. The summed E-state index contributed by atoms with van der Waals surface area (Å²) in [4.78, 5) is 36.8. The van der Waals surface area contributed by atoms with Gasteiger partial charge in [-0.3, -0.25) is 14.6 Å². The van der Waals surface area contributed by atoms with E-state index in [2.05, 4.69) is 20.1 Å². The number of guanidine groups is 1. The van der Waals surface area contributed by atoms with Gasteiger partial charge < -0.3 is 24.9 Å². The van der Waals surface area contributed by atoms with Crippen LogP contribution in [0.2, 0.25) is 0 Å². The van der Waals surface area contributed by atoms with Crippen LogP contribution >= 0.6 is 0 Å². The normalized spacial score (nSPS) is 17.7. The van der Waals surface area contributed by atoms with Gasteiger partial charge in [-0.15, -0.1) is 0 Å². The second-order valence-corrected chi connectivity index (χ2v) is 7.82. The number of rotatable bonds is 5. The van der Waals surface area contributed by atoms with E-state index in [9.17, 15) is 14.0 Å². The second-order valence-electron chi connectivity index (χ2n) is 7.82. The van der Waals surface area contributed by atoms with E-state index in [0.717, 1.165) is 44.4 Å². The van der Waals surface area contributed by atoms with Crippen molar-refractivity contribution in [1.82, 2.24) is 20.0 Å². The van der Waals surface area contributed by atoms with Gasteiger partial charge in [-0.05, 0) is 31.2 Å². The Hall–Kier alpha value is -2.84. The lowest BCUT2D eigenvalue weighted by Gasteiger charge is -2.36. The summed E-state index contributed by atoms with van der Waals surface area (Å²) >= 11 is 0. The van der Waals surface area contributed by atoms with Gasteiger partial charge in [-0.1, -0.05) is 0 Å². The van der Waals surface area contributed by atoms with E-state index in [-0.39, 0.29) is 17.6 Å². The molecule has 2 aliphatic heterocycles. The van der Waals surface area contributed by atoms with Gasteiger partial charge in [0.1, 0.15) is 5.82 Å². The molecule has 2 amide bonds. The van der Waals surface area contributed by atoms with Gasteiger partial charge >= 0.3 is 0 Å². The van der Waals surface area contributed by atoms with Crippen molar-refractivity contribution in [2.75, 3.05) is 70.3 Å². The number of nitrogens with one attached hydrogen (secondary N) is 1. The van der Waals surface area contributed by atoms with Gasteiger partial charge in [0.25, 0.3) is 0 Å². The Labute approximate surface area is 183 Å². The van der Waals surface area contributed by atoms with Gasteiger partial charge in [0.05, 0.1) is 6.54 Å². The summed E-state index contributed by atoms with van der Waals surface area (Å²) in [7, 11) is 0. The highest BCUT2D eigenvalue weighted by Gasteiger charge is 2.22. The first-order chi connectivity index (χ1) is 15.0. The standard InChI is InChI=1S/C22H33FN6O2/c1-3-24-22(29-16-10-26(11-17-29)18(2)30)25-9-8-21(31)28-14-12-27(13-15-28)20-6-4-19(23)5-7-20/h4-7H,3,8-17H2,1-2H3,(H,24,25). The fourth-order valence-electron chi connectivity index (χ4n) is 3.94. The largest absolute Gasteiger partial charge is 0.368 e. The second kappa shape index (κ2) is 11.0. The van der Waals surface area contributed by atoms with Crippen LogP contribution in [0.3, 0.4) is 0 Å². The molecule has 170 valence electrons. The SMILES string of the molecule is CCNC(=NCCC(=O)N1CCN(c2ccc(F)cc2)CC1)N1CCN(C(C)=O)CC1. The predicted molar refractivity (Wildman–Crippen MR) is 120 cm³/mol. The molecule has 1 N–H and O–H groups in total. The Morgan fingerprint density at radius 2 is 1.52 bits per heavy atom. The summed E-state index contributed by atoms with van der Waals surface area (Å²) in [6.45, 7) is 10.5. The third kappa shape index (κ3) is 6.32. The number of benzene rings is 1. The molecule has 0 unspecified atom stereocenters. The third-order valence-corrected chi connectivity index (χ3v) is 5.77. The van der Waals surface area contributed by atoms with E-state index in [0.29, 0.717) is 39.1 Å². The van der Waals surface area contributed by atoms with E-state index >= 15 is 0 Å². The first kappa shape index (κ1) is 22.8. The Morgan fingerprint density at radius 1 is 0.935 bits per heavy atom. The maximum Gasteiger partial charge on any atom is 0.224 e. The van der Waals surface area contributed by atoms with Crippen molar-refractivity contribution >= 4 is 23.5 Å². The Kier molecular flexibility index (Phi) is 8.08. The maximum atomic E-state index is 13.1. The fraction of sp³-hybridized carbons (Fsp3) is 0.591. The fourth-order valence-corrected chi connectivity index (χ4v) is 3.94. The molecule has 3 rings (SSSR count). The summed E-state index contributed by atoms with van der Waals surface area (Å²) in [5, 5.41) is 3.29. The van der Waals surface area contributed by atoms with Crippen molar-refractivity contribution in [1.29, 1.82) is 0 Å². The number of nitrogens with zero attached hydrogens (tertiary/aromatic N) is 5. The summed E-state index contributed by atoms with van der Waals surface area (Å²) in [5.41, 5.74) is 0.984. The number of carbonyl (C=O) groups is 2. The predicted octanol–water partition coefficient (Wildman–Crippen LogP) is 0.994. The number of piperazine rings is 2. The zero-order valence-electron chi connectivity index (χ0n) is 18.5. The van der Waals surface area contributed by atoms with E-state index in [1.54, 1.807) is 19.1 Å². The third-order valence-electron chi connectivity index (χ3n) is 5.77. The average molecular weight is 433 g/mol. The molecular formula is C22H33FN6O2. The highest BCUT2D eigenvalue weighted by atomic mass is 19.1. The summed E-state index contributed by atoms with van der Waals surface area (Å²) in [6.07, 6.45) is 0.374. The lowest BCUT2D eigenvalue weighted by Crippen LogP contribution is -2.53. The minimum Gasteiger partial charge on any atom is -0.368 e. The summed E-state index contributed by atoms with van der Waals surface area (Å²) in [5.74, 6) is 0.780. The van der Waals surface area contributed by atoms with Crippen LogP contribution in [0.4, 0.5) is 10.1 Å². The van der Waals surface area contributed by atoms with E-state index in [1.165, 1.54) is 12.1 Å². The number of anilines is 1. The van der Waals surface area contributed by atoms with Crippen LogP contribution in [0.15, 0.2) is 29.3 Å². The first-order valence-corrected chi connectivity index (χ1v) is 11.0. The molecule has 2 saturated heterocycles. The van der Waals surface area contributed by atoms with Gasteiger partial charge in [-0.25, -0.2) is 4.39 Å². The number of hydrogen-bond donors (Lipinski definition) is 1. The zero-order chi connectivity index (χ0) is 22.2. The molecule has 1 aromatic rings. The maximum absolute atomic E-state index is 13.1. The summed E-state index contributed by atoms with van der Waals surface area (Å²) in [6, 6.07) is 6.49. The number of amides is 2. The van der Waals surface area contributed by atoms with Crippen molar-refractivity contribution in [3.8, 4) is 0 Å². The van der Waals surface area contributed by atoms with E-state index < -0.39 is 0 Å². The molecule has 1 aromatic carbocycles. The van der Waals surface area contributed by atoms with Crippen LogP contribution in [0.1, 0.15) is 20.3 Å². The molecule has 0 saturated carbocycles. The Bertz CT molecular complexity index is 769. The molecule has 31 heavy (non-hydrogen) atoms. The van der Waals surface area contributed by atoms with E-state index in [4.69, 9.17) is 0 Å². The van der Waals surface area contributed by atoms with E-state index in [1.807, 2.05) is 16.7 Å². The van der Waals surface area contributed by atoms with Gasteiger partial charge in [0.15, 0.2) is 5.96 Å². The molecule has 0 radical (unpaired) electrons. The van der Waals surface area contributed by atoms with Crippen LogP contribution in [-0.4, -0.2) is 97.9 Å². The minimum absolute atomic E-state index is 0.103. The van der Waals surface area contributed by atoms with Crippen molar-refractivity contribution in [2.45, 2.75) is 20.3 Å². The molecule has 8 nitrogen and oxygen atoms in total. The van der Waals surface area contributed by atoms with Crippen LogP contribution in [0, 0.1) is 5.82 Å². The molecular weight excluding hydrogens is 399 g/mol. The topological polar surface area (TPSA) is 71.5 Å². The molecule has 0 aliphatic carbocycles. The molecule has 2 fully saturated rings. The smallest absolute Gasteiger partial charge is 0.224 e.